The third kappa shape index (κ3) is 3.06. The van der Waals surface area contributed by atoms with Crippen LogP contribution in [0.3, 0.4) is 0 Å². The van der Waals surface area contributed by atoms with E-state index in [1.54, 1.807) is 42.9 Å². The zero-order chi connectivity index (χ0) is 17.2. The molecule has 1 N–H and O–H groups in total. The fourth-order valence-electron chi connectivity index (χ4n) is 2.82. The summed E-state index contributed by atoms with van der Waals surface area (Å²) in [7, 11) is 0. The largest absolute Gasteiger partial charge is 0.467 e. The molecule has 0 unspecified atom stereocenters. The summed E-state index contributed by atoms with van der Waals surface area (Å²) in [5, 5.41) is 2.82. The van der Waals surface area contributed by atoms with Gasteiger partial charge in [0.2, 0.25) is 0 Å². The fourth-order valence-corrected chi connectivity index (χ4v) is 2.82. The van der Waals surface area contributed by atoms with Gasteiger partial charge in [-0.15, -0.1) is 0 Å². The lowest BCUT2D eigenvalue weighted by atomic mass is 10.2. The molecule has 0 aliphatic heterocycles. The van der Waals surface area contributed by atoms with Crippen LogP contribution < -0.4 is 5.32 Å². The molecule has 0 saturated heterocycles. The maximum Gasteiger partial charge on any atom is 0.268 e. The molecule has 1 amide bonds. The number of nitrogens with one attached hydrogen (secondary N) is 1. The van der Waals surface area contributed by atoms with Crippen LogP contribution in [0.25, 0.3) is 11.1 Å². The molecule has 0 spiro atoms. The van der Waals surface area contributed by atoms with E-state index in [1.165, 1.54) is 12.1 Å². The Hall–Kier alpha value is -3.28. The van der Waals surface area contributed by atoms with E-state index >= 15 is 0 Å². The number of carbonyl (C=O) groups is 1. The van der Waals surface area contributed by atoms with Gasteiger partial charge in [0, 0.05) is 18.7 Å². The van der Waals surface area contributed by atoms with Gasteiger partial charge in [-0.05, 0) is 29.8 Å². The fraction of sp³-hybridized carbons (Fsp3) is 0.105. The maximum atomic E-state index is 13.5. The molecule has 4 rings (SSSR count). The molecule has 0 aliphatic carbocycles. The number of rotatable bonds is 5. The van der Waals surface area contributed by atoms with Crippen molar-refractivity contribution in [1.82, 2.24) is 9.88 Å². The normalized spacial score (nSPS) is 11.1. The number of furan rings is 2. The molecule has 5 nitrogen and oxygen atoms in total. The lowest BCUT2D eigenvalue weighted by molar-refractivity contribution is 0.0939. The zero-order valence-electron chi connectivity index (χ0n) is 13.2. The van der Waals surface area contributed by atoms with E-state index in [9.17, 15) is 9.18 Å². The number of fused-ring (bicyclic) bond motifs is 1. The number of hydrogen-bond acceptors (Lipinski definition) is 3. The van der Waals surface area contributed by atoms with Gasteiger partial charge in [-0.25, -0.2) is 4.39 Å². The zero-order valence-corrected chi connectivity index (χ0v) is 13.2. The van der Waals surface area contributed by atoms with Crippen LogP contribution in [-0.4, -0.2) is 10.5 Å². The molecule has 0 fully saturated rings. The second-order valence-electron chi connectivity index (χ2n) is 5.68. The summed E-state index contributed by atoms with van der Waals surface area (Å²) in [4.78, 5) is 12.6. The van der Waals surface area contributed by atoms with Crippen molar-refractivity contribution in [3.05, 3.63) is 83.9 Å². The van der Waals surface area contributed by atoms with E-state index in [1.807, 2.05) is 10.6 Å². The van der Waals surface area contributed by atoms with Gasteiger partial charge in [-0.3, -0.25) is 4.79 Å². The monoisotopic (exact) mass is 338 g/mol. The number of nitrogens with zero attached hydrogens (tertiary/aromatic N) is 1. The van der Waals surface area contributed by atoms with Crippen LogP contribution in [-0.2, 0) is 13.1 Å². The van der Waals surface area contributed by atoms with Gasteiger partial charge in [-0.2, -0.15) is 0 Å². The standard InChI is InChI=1S/C19H15FN2O3/c20-14-4-1-3-13(9-14)12-22-16-6-8-25-18(16)10-17(22)19(23)21-11-15-5-2-7-24-15/h1-10H,11-12H2,(H,21,23). The Balaban J connectivity index is 1.64. The van der Waals surface area contributed by atoms with Crippen molar-refractivity contribution in [2.75, 3.05) is 0 Å². The molecule has 6 heteroatoms. The SMILES string of the molecule is O=C(NCc1ccco1)c1cc2occc2n1Cc1cccc(F)c1. The molecular weight excluding hydrogens is 323 g/mol. The first-order chi connectivity index (χ1) is 12.2. The molecule has 1 aromatic carbocycles. The summed E-state index contributed by atoms with van der Waals surface area (Å²) >= 11 is 0. The van der Waals surface area contributed by atoms with Crippen LogP contribution in [0.1, 0.15) is 21.8 Å². The predicted octanol–water partition coefficient (Wildman–Crippen LogP) is 3.94. The average Bonchev–Trinajstić information content (AvgIpc) is 3.31. The summed E-state index contributed by atoms with van der Waals surface area (Å²) in [5.74, 6) is 0.108. The molecule has 126 valence electrons. The topological polar surface area (TPSA) is 60.3 Å². The summed E-state index contributed by atoms with van der Waals surface area (Å²) in [5.41, 5.74) is 2.61. The molecule has 3 aromatic heterocycles. The number of benzene rings is 1. The Morgan fingerprint density at radius 2 is 2.00 bits per heavy atom. The first kappa shape index (κ1) is 15.3. The number of hydrogen-bond donors (Lipinski definition) is 1. The van der Waals surface area contributed by atoms with Gasteiger partial charge in [0.1, 0.15) is 17.3 Å². The molecule has 4 aromatic rings. The van der Waals surface area contributed by atoms with Crippen LogP contribution in [0.4, 0.5) is 4.39 Å². The third-order valence-corrected chi connectivity index (χ3v) is 3.99. The first-order valence-corrected chi connectivity index (χ1v) is 7.82. The van der Waals surface area contributed by atoms with Gasteiger partial charge < -0.3 is 18.7 Å². The quantitative estimate of drug-likeness (QED) is 0.599. The van der Waals surface area contributed by atoms with Gasteiger partial charge in [-0.1, -0.05) is 12.1 Å². The maximum absolute atomic E-state index is 13.5. The highest BCUT2D eigenvalue weighted by atomic mass is 19.1. The predicted molar refractivity (Wildman–Crippen MR) is 89.6 cm³/mol. The average molecular weight is 338 g/mol. The highest BCUT2D eigenvalue weighted by molar-refractivity contribution is 5.97. The van der Waals surface area contributed by atoms with E-state index in [4.69, 9.17) is 8.83 Å². The van der Waals surface area contributed by atoms with E-state index in [0.29, 0.717) is 30.1 Å². The van der Waals surface area contributed by atoms with E-state index in [0.717, 1.165) is 11.1 Å². The smallest absolute Gasteiger partial charge is 0.268 e. The van der Waals surface area contributed by atoms with Crippen molar-refractivity contribution in [2.45, 2.75) is 13.1 Å². The molecular formula is C19H15FN2O3. The minimum atomic E-state index is -0.308. The van der Waals surface area contributed by atoms with E-state index in [2.05, 4.69) is 5.32 Å². The summed E-state index contributed by atoms with van der Waals surface area (Å²) in [6.45, 7) is 0.655. The Labute approximate surface area is 142 Å². The van der Waals surface area contributed by atoms with E-state index < -0.39 is 0 Å². The highest BCUT2D eigenvalue weighted by Gasteiger charge is 2.18. The molecule has 0 aliphatic rings. The van der Waals surface area contributed by atoms with Crippen LogP contribution in [0.2, 0.25) is 0 Å². The minimum absolute atomic E-state index is 0.251. The second kappa shape index (κ2) is 6.32. The molecule has 0 atom stereocenters. The third-order valence-electron chi connectivity index (χ3n) is 3.99. The highest BCUT2D eigenvalue weighted by Crippen LogP contribution is 2.23. The van der Waals surface area contributed by atoms with Crippen molar-refractivity contribution < 1.29 is 18.0 Å². The van der Waals surface area contributed by atoms with Gasteiger partial charge in [0.15, 0.2) is 5.58 Å². The second-order valence-corrected chi connectivity index (χ2v) is 5.68. The number of amides is 1. The van der Waals surface area contributed by atoms with Gasteiger partial charge >= 0.3 is 0 Å². The van der Waals surface area contributed by atoms with E-state index in [-0.39, 0.29) is 11.7 Å². The first-order valence-electron chi connectivity index (χ1n) is 7.82. The Morgan fingerprint density at radius 3 is 2.80 bits per heavy atom. The number of carbonyl (C=O) groups excluding carboxylic acids is 1. The lowest BCUT2D eigenvalue weighted by Gasteiger charge is -2.10. The lowest BCUT2D eigenvalue weighted by Crippen LogP contribution is -2.25. The molecule has 3 heterocycles. The minimum Gasteiger partial charge on any atom is -0.467 e. The molecule has 0 radical (unpaired) electrons. The van der Waals surface area contributed by atoms with Crippen molar-refractivity contribution in [1.29, 1.82) is 0 Å². The molecule has 0 bridgehead atoms. The van der Waals surface area contributed by atoms with Crippen molar-refractivity contribution in [2.24, 2.45) is 0 Å². The Bertz CT molecular complexity index is 1010. The number of halogens is 1. The Morgan fingerprint density at radius 1 is 1.08 bits per heavy atom. The molecule has 0 saturated carbocycles. The van der Waals surface area contributed by atoms with Crippen molar-refractivity contribution in [3.63, 3.8) is 0 Å². The summed E-state index contributed by atoms with van der Waals surface area (Å²) < 4.78 is 25.9. The summed E-state index contributed by atoms with van der Waals surface area (Å²) in [6, 6.07) is 13.3. The van der Waals surface area contributed by atoms with Gasteiger partial charge in [0.25, 0.3) is 5.91 Å². The van der Waals surface area contributed by atoms with Gasteiger partial charge in [0.05, 0.1) is 24.6 Å². The van der Waals surface area contributed by atoms with Crippen LogP contribution in [0.15, 0.2) is 69.9 Å². The van der Waals surface area contributed by atoms with Crippen molar-refractivity contribution in [3.8, 4) is 0 Å². The van der Waals surface area contributed by atoms with Crippen LogP contribution >= 0.6 is 0 Å². The molecule has 25 heavy (non-hydrogen) atoms. The summed E-state index contributed by atoms with van der Waals surface area (Å²) in [6.07, 6.45) is 3.12. The Kier molecular flexibility index (Phi) is 3.85. The van der Waals surface area contributed by atoms with Crippen molar-refractivity contribution >= 4 is 17.0 Å². The number of aromatic nitrogens is 1. The van der Waals surface area contributed by atoms with Crippen LogP contribution in [0, 0.1) is 5.82 Å². The van der Waals surface area contributed by atoms with Crippen LogP contribution in [0.5, 0.6) is 0 Å².